The number of Topliss-reactive ketones (excluding diaryl/α,β-unsaturated/α-hetero) is 2. The molecule has 11 unspecified atom stereocenters. The third-order valence-corrected chi connectivity index (χ3v) is 12.9. The number of aliphatic imine (C=N–C) groups is 1. The molecule has 6 saturated heterocycles. The molecule has 0 aliphatic carbocycles. The lowest BCUT2D eigenvalue weighted by Crippen LogP contribution is -2.69. The molecule has 1 spiro atoms. The summed E-state index contributed by atoms with van der Waals surface area (Å²) in [5, 5.41) is 43.0. The molecule has 0 aromatic rings. The van der Waals surface area contributed by atoms with E-state index < -0.39 is 73.4 Å². The summed E-state index contributed by atoms with van der Waals surface area (Å²) in [6, 6.07) is 0. The van der Waals surface area contributed by atoms with Crippen LogP contribution >= 0.6 is 0 Å². The minimum Gasteiger partial charge on any atom is -0.394 e. The number of fused-ring (bicyclic) bond motifs is 6. The fourth-order valence-electron chi connectivity index (χ4n) is 9.93. The Morgan fingerprint density at radius 3 is 2.58 bits per heavy atom. The van der Waals surface area contributed by atoms with Crippen LogP contribution in [0, 0.1) is 11.8 Å². The van der Waals surface area contributed by atoms with Crippen LogP contribution in [0.5, 0.6) is 0 Å². The maximum Gasteiger partial charge on any atom is 0.213 e. The van der Waals surface area contributed by atoms with Crippen LogP contribution in [-0.2, 0) is 42.7 Å². The molecule has 298 valence electrons. The first kappa shape index (κ1) is 39.5. The van der Waals surface area contributed by atoms with E-state index in [1.807, 2.05) is 6.92 Å². The standard InChI is InChI=1S/C39H59NO13/c1-19-11-25-7-9-30-20(2)12-26(50-30)6-5-22(42)15-31-34(45)36-37(51-31)38(46)39(40-29(19)18-48-25)33(52-36)10-8-27(53-39)13-23(43)14-28-21(3)49-32(35(28)47-4)16-24(44)17-41/h19,21,24-28,30-38,41,44-46H,2,5-18H2,1,3-4H3/b40-29+/t19-,21+,24?,25?,26?,27?,28?,30+,31?,32-,33?,34?,35-,36+,37?,38?,39?/m1/s1. The van der Waals surface area contributed by atoms with E-state index >= 15 is 0 Å². The van der Waals surface area contributed by atoms with E-state index in [1.54, 1.807) is 7.11 Å². The van der Waals surface area contributed by atoms with Gasteiger partial charge in [-0.15, -0.1) is 0 Å². The van der Waals surface area contributed by atoms with Crippen molar-refractivity contribution < 1.29 is 63.2 Å². The van der Waals surface area contributed by atoms with Crippen LogP contribution < -0.4 is 0 Å². The molecule has 7 bridgehead atoms. The van der Waals surface area contributed by atoms with Gasteiger partial charge < -0.3 is 53.6 Å². The van der Waals surface area contributed by atoms with Gasteiger partial charge in [-0.25, -0.2) is 0 Å². The third-order valence-electron chi connectivity index (χ3n) is 12.9. The number of carbonyl (C=O) groups excluding carboxylic acids is 2. The highest BCUT2D eigenvalue weighted by molar-refractivity contribution is 5.88. The van der Waals surface area contributed by atoms with Crippen molar-refractivity contribution in [1.29, 1.82) is 0 Å². The fraction of sp³-hybridized carbons (Fsp3) is 0.872. The molecule has 0 aromatic heterocycles. The highest BCUT2D eigenvalue weighted by Crippen LogP contribution is 2.48. The average molecular weight is 750 g/mol. The molecule has 0 aromatic carbocycles. The molecule has 6 fully saturated rings. The van der Waals surface area contributed by atoms with Gasteiger partial charge in [-0.3, -0.25) is 14.6 Å². The molecular weight excluding hydrogens is 690 g/mol. The number of aliphatic hydroxyl groups excluding tert-OH is 4. The van der Waals surface area contributed by atoms with Crippen molar-refractivity contribution in [2.24, 2.45) is 16.8 Å². The molecule has 8 aliphatic heterocycles. The van der Waals surface area contributed by atoms with E-state index in [4.69, 9.17) is 38.2 Å². The maximum absolute atomic E-state index is 13.7. The third kappa shape index (κ3) is 8.11. The Kier molecular flexibility index (Phi) is 12.3. The lowest BCUT2D eigenvalue weighted by atomic mass is 9.81. The van der Waals surface area contributed by atoms with E-state index in [9.17, 15) is 30.0 Å². The second kappa shape index (κ2) is 16.4. The number of hydrogen-bond acceptors (Lipinski definition) is 14. The Morgan fingerprint density at radius 2 is 1.83 bits per heavy atom. The van der Waals surface area contributed by atoms with Gasteiger partial charge in [-0.1, -0.05) is 13.5 Å². The van der Waals surface area contributed by atoms with Crippen molar-refractivity contribution in [2.45, 2.75) is 182 Å². The van der Waals surface area contributed by atoms with Crippen LogP contribution in [0.1, 0.15) is 90.9 Å². The molecule has 8 rings (SSSR count). The van der Waals surface area contributed by atoms with Crippen molar-refractivity contribution in [1.82, 2.24) is 0 Å². The predicted molar refractivity (Wildman–Crippen MR) is 188 cm³/mol. The number of ketones is 2. The van der Waals surface area contributed by atoms with E-state index in [1.165, 1.54) is 0 Å². The van der Waals surface area contributed by atoms with Crippen LogP contribution in [0.4, 0.5) is 0 Å². The zero-order valence-corrected chi connectivity index (χ0v) is 31.3. The zero-order chi connectivity index (χ0) is 37.6. The second-order valence-electron chi connectivity index (χ2n) is 16.6. The van der Waals surface area contributed by atoms with Gasteiger partial charge in [0, 0.05) is 50.8 Å². The summed E-state index contributed by atoms with van der Waals surface area (Å²) in [6.45, 7) is 8.07. The highest BCUT2D eigenvalue weighted by atomic mass is 16.6. The molecule has 14 nitrogen and oxygen atoms in total. The van der Waals surface area contributed by atoms with Crippen molar-refractivity contribution in [3.8, 4) is 0 Å². The van der Waals surface area contributed by atoms with Gasteiger partial charge in [0.2, 0.25) is 5.72 Å². The van der Waals surface area contributed by atoms with Gasteiger partial charge in [-0.05, 0) is 63.4 Å². The van der Waals surface area contributed by atoms with Gasteiger partial charge in [-0.2, -0.15) is 0 Å². The summed E-state index contributed by atoms with van der Waals surface area (Å²) in [6.07, 6.45) is -3.77. The SMILES string of the molecule is C=C1CC2CCC(=O)CC3OC4C(O)C5(/N=C6\COC(CC[C@@H]1O2)C[C@H]6C)OC(CC(=O)CC1[C@H](C)O[C@H](CC(O)CO)[C@@H]1OC)CCC5O[C@H]4C3O. The van der Waals surface area contributed by atoms with Crippen LogP contribution in [-0.4, -0.2) is 149 Å². The second-order valence-corrected chi connectivity index (χ2v) is 16.6. The van der Waals surface area contributed by atoms with Crippen LogP contribution in [0.2, 0.25) is 0 Å². The summed E-state index contributed by atoms with van der Waals surface area (Å²) in [5.41, 5.74) is 0.142. The largest absolute Gasteiger partial charge is 0.394 e. The molecule has 0 amide bonds. The molecule has 8 aliphatic rings. The molecular formula is C39H59NO13. The van der Waals surface area contributed by atoms with E-state index in [2.05, 4.69) is 13.5 Å². The number of ether oxygens (including phenoxy) is 7. The summed E-state index contributed by atoms with van der Waals surface area (Å²) in [4.78, 5) is 32.1. The fourth-order valence-corrected chi connectivity index (χ4v) is 9.93. The quantitative estimate of drug-likeness (QED) is 0.263. The first-order chi connectivity index (χ1) is 25.4. The molecule has 0 saturated carbocycles. The molecule has 4 N–H and O–H groups in total. The first-order valence-electron chi connectivity index (χ1n) is 19.8. The average Bonchev–Trinajstić information content (AvgIpc) is 3.74. The van der Waals surface area contributed by atoms with Gasteiger partial charge >= 0.3 is 0 Å². The predicted octanol–water partition coefficient (Wildman–Crippen LogP) is 1.74. The number of hydrogen-bond donors (Lipinski definition) is 4. The Labute approximate surface area is 311 Å². The summed E-state index contributed by atoms with van der Waals surface area (Å²) >= 11 is 0. The van der Waals surface area contributed by atoms with Gasteiger partial charge in [0.15, 0.2) is 0 Å². The van der Waals surface area contributed by atoms with Crippen LogP contribution in [0.25, 0.3) is 0 Å². The van der Waals surface area contributed by atoms with E-state index in [-0.39, 0.29) is 86.5 Å². The van der Waals surface area contributed by atoms with E-state index in [0.29, 0.717) is 19.3 Å². The lowest BCUT2D eigenvalue weighted by molar-refractivity contribution is -0.307. The van der Waals surface area contributed by atoms with Crippen molar-refractivity contribution in [3.05, 3.63) is 12.2 Å². The summed E-state index contributed by atoms with van der Waals surface area (Å²) in [7, 11) is 1.55. The lowest BCUT2D eigenvalue weighted by Gasteiger charge is -2.53. The Balaban J connectivity index is 1.11. The van der Waals surface area contributed by atoms with Crippen molar-refractivity contribution in [3.63, 3.8) is 0 Å². The monoisotopic (exact) mass is 749 g/mol. The number of rotatable bonds is 8. The van der Waals surface area contributed by atoms with Gasteiger partial charge in [0.25, 0.3) is 0 Å². The van der Waals surface area contributed by atoms with Gasteiger partial charge in [0.05, 0.1) is 68.1 Å². The smallest absolute Gasteiger partial charge is 0.213 e. The van der Waals surface area contributed by atoms with Crippen molar-refractivity contribution >= 4 is 17.3 Å². The summed E-state index contributed by atoms with van der Waals surface area (Å²) < 4.78 is 44.0. The Hall–Kier alpha value is -1.69. The number of carbonyl (C=O) groups is 2. The van der Waals surface area contributed by atoms with Crippen molar-refractivity contribution in [2.75, 3.05) is 20.3 Å². The van der Waals surface area contributed by atoms with Crippen LogP contribution in [0.3, 0.4) is 0 Å². The highest BCUT2D eigenvalue weighted by Gasteiger charge is 2.65. The molecule has 53 heavy (non-hydrogen) atoms. The Bertz CT molecular complexity index is 1380. The summed E-state index contributed by atoms with van der Waals surface area (Å²) in [5.74, 6) is -0.376. The molecule has 17 atom stereocenters. The Morgan fingerprint density at radius 1 is 1.02 bits per heavy atom. The molecule has 8 heterocycles. The number of methoxy groups -OCH3 is 1. The first-order valence-corrected chi connectivity index (χ1v) is 19.8. The minimum absolute atomic E-state index is 0.00872. The zero-order valence-electron chi connectivity index (χ0n) is 31.3. The normalized spacial score (nSPS) is 47.8. The molecule has 14 heteroatoms. The van der Waals surface area contributed by atoms with Gasteiger partial charge in [0.1, 0.15) is 42.1 Å². The van der Waals surface area contributed by atoms with Crippen LogP contribution in [0.15, 0.2) is 17.1 Å². The maximum atomic E-state index is 13.7. The topological polar surface area (TPSA) is 192 Å². The minimum atomic E-state index is -1.62. The number of aliphatic hydroxyl groups is 4. The van der Waals surface area contributed by atoms with E-state index in [0.717, 1.165) is 37.0 Å². The number of nitrogens with zero attached hydrogens (tertiary/aromatic N) is 1. The molecule has 0 radical (unpaired) electrons.